The number of nitrogens with zero attached hydrogens (tertiary/aromatic N) is 5. The quantitative estimate of drug-likeness (QED) is 0.741. The summed E-state index contributed by atoms with van der Waals surface area (Å²) in [6.07, 6.45) is 3.10. The molecule has 0 fully saturated rings. The van der Waals surface area contributed by atoms with E-state index in [-0.39, 0.29) is 12.2 Å². The Morgan fingerprint density at radius 3 is 2.75 bits per heavy atom. The van der Waals surface area contributed by atoms with Gasteiger partial charge in [0, 0.05) is 25.0 Å². The van der Waals surface area contributed by atoms with E-state index in [4.69, 9.17) is 0 Å². The van der Waals surface area contributed by atoms with Crippen LogP contribution >= 0.6 is 0 Å². The lowest BCUT2D eigenvalue weighted by Gasteiger charge is -2.14. The van der Waals surface area contributed by atoms with Gasteiger partial charge in [-0.3, -0.25) is 14.1 Å². The first-order valence-electron chi connectivity index (χ1n) is 7.41. The van der Waals surface area contributed by atoms with Crippen LogP contribution in [-0.4, -0.2) is 24.8 Å². The van der Waals surface area contributed by atoms with Gasteiger partial charge in [-0.2, -0.15) is 5.26 Å². The van der Waals surface area contributed by atoms with Gasteiger partial charge in [0.05, 0.1) is 29.4 Å². The standard InChI is InChI=1S/C17H16FN5O/c1-17(2,18)10-23-14-5-4-13(21-15(14)22(3)16(23)24)12-9-20-7-6-11(12)8-19/h4-7,9H,10H2,1-3H3. The van der Waals surface area contributed by atoms with Crippen molar-refractivity contribution in [2.24, 2.45) is 7.05 Å². The molecule has 3 aromatic rings. The van der Waals surface area contributed by atoms with E-state index in [0.717, 1.165) is 0 Å². The van der Waals surface area contributed by atoms with Crippen LogP contribution in [0.2, 0.25) is 0 Å². The van der Waals surface area contributed by atoms with Crippen LogP contribution < -0.4 is 5.69 Å². The summed E-state index contributed by atoms with van der Waals surface area (Å²) >= 11 is 0. The summed E-state index contributed by atoms with van der Waals surface area (Å²) in [4.78, 5) is 20.9. The van der Waals surface area contributed by atoms with Crippen LogP contribution in [-0.2, 0) is 13.6 Å². The molecule has 0 aliphatic rings. The van der Waals surface area contributed by atoms with Crippen molar-refractivity contribution in [3.05, 3.63) is 46.6 Å². The van der Waals surface area contributed by atoms with Crippen LogP contribution in [0.4, 0.5) is 4.39 Å². The Bertz CT molecular complexity index is 1020. The minimum absolute atomic E-state index is 0.0550. The third-order valence-corrected chi connectivity index (χ3v) is 3.73. The number of alkyl halides is 1. The SMILES string of the molecule is Cn1c(=O)n(CC(C)(C)F)c2ccc(-c3cnccc3C#N)nc21. The van der Waals surface area contributed by atoms with Crippen LogP contribution in [0.3, 0.4) is 0 Å². The molecule has 122 valence electrons. The van der Waals surface area contributed by atoms with E-state index >= 15 is 0 Å². The third kappa shape index (κ3) is 2.67. The predicted octanol–water partition coefficient (Wildman–Crippen LogP) is 2.42. The van der Waals surface area contributed by atoms with Crippen molar-refractivity contribution in [2.45, 2.75) is 26.1 Å². The summed E-state index contributed by atoms with van der Waals surface area (Å²) < 4.78 is 16.8. The van der Waals surface area contributed by atoms with E-state index in [9.17, 15) is 14.4 Å². The Morgan fingerprint density at radius 1 is 1.33 bits per heavy atom. The Hall–Kier alpha value is -3.01. The van der Waals surface area contributed by atoms with Gasteiger partial charge in [-0.15, -0.1) is 0 Å². The zero-order chi connectivity index (χ0) is 17.5. The molecule has 0 atom stereocenters. The van der Waals surface area contributed by atoms with E-state index in [1.807, 2.05) is 0 Å². The molecule has 0 spiro atoms. The average molecular weight is 325 g/mol. The average Bonchev–Trinajstić information content (AvgIpc) is 2.78. The minimum Gasteiger partial charge on any atom is -0.287 e. The number of nitriles is 1. The minimum atomic E-state index is -1.52. The van der Waals surface area contributed by atoms with Gasteiger partial charge in [0.2, 0.25) is 0 Å². The Morgan fingerprint density at radius 2 is 2.08 bits per heavy atom. The summed E-state index contributed by atoms with van der Waals surface area (Å²) in [5.41, 5.74) is 0.730. The second-order valence-corrected chi connectivity index (χ2v) is 6.22. The van der Waals surface area contributed by atoms with Gasteiger partial charge in [0.15, 0.2) is 5.65 Å². The van der Waals surface area contributed by atoms with E-state index in [2.05, 4.69) is 16.0 Å². The molecule has 3 heterocycles. The maximum Gasteiger partial charge on any atom is 0.330 e. The molecule has 0 unspecified atom stereocenters. The molecular formula is C17H16FN5O. The summed E-state index contributed by atoms with van der Waals surface area (Å²) in [7, 11) is 1.59. The fourth-order valence-electron chi connectivity index (χ4n) is 2.65. The lowest BCUT2D eigenvalue weighted by atomic mass is 10.1. The van der Waals surface area contributed by atoms with E-state index in [1.54, 1.807) is 31.4 Å². The molecule has 7 heteroatoms. The van der Waals surface area contributed by atoms with Crippen molar-refractivity contribution in [3.8, 4) is 17.3 Å². The zero-order valence-corrected chi connectivity index (χ0v) is 13.6. The molecule has 24 heavy (non-hydrogen) atoms. The van der Waals surface area contributed by atoms with Crippen molar-refractivity contribution >= 4 is 11.2 Å². The lowest BCUT2D eigenvalue weighted by molar-refractivity contribution is 0.186. The van der Waals surface area contributed by atoms with Gasteiger partial charge in [-0.25, -0.2) is 14.2 Å². The molecule has 0 saturated carbocycles. The molecule has 0 aliphatic carbocycles. The number of fused-ring (bicyclic) bond motifs is 1. The van der Waals surface area contributed by atoms with Crippen molar-refractivity contribution in [1.82, 2.24) is 19.1 Å². The molecule has 0 radical (unpaired) electrons. The molecule has 0 bridgehead atoms. The third-order valence-electron chi connectivity index (χ3n) is 3.73. The molecule has 3 rings (SSSR count). The van der Waals surface area contributed by atoms with Gasteiger partial charge in [0.25, 0.3) is 0 Å². The van der Waals surface area contributed by atoms with Gasteiger partial charge in [0.1, 0.15) is 5.67 Å². The largest absolute Gasteiger partial charge is 0.330 e. The summed E-state index contributed by atoms with van der Waals surface area (Å²) in [5, 5.41) is 9.22. The second kappa shape index (κ2) is 5.57. The number of rotatable bonds is 3. The van der Waals surface area contributed by atoms with E-state index < -0.39 is 5.67 Å². The van der Waals surface area contributed by atoms with Crippen molar-refractivity contribution in [3.63, 3.8) is 0 Å². The van der Waals surface area contributed by atoms with Gasteiger partial charge in [-0.05, 0) is 32.0 Å². The number of hydrogen-bond acceptors (Lipinski definition) is 4. The molecule has 0 aromatic carbocycles. The number of hydrogen-bond donors (Lipinski definition) is 0. The highest BCUT2D eigenvalue weighted by atomic mass is 19.1. The number of aromatic nitrogens is 4. The molecule has 0 amide bonds. The van der Waals surface area contributed by atoms with Gasteiger partial charge < -0.3 is 0 Å². The topological polar surface area (TPSA) is 76.5 Å². The first kappa shape index (κ1) is 15.9. The van der Waals surface area contributed by atoms with Crippen LogP contribution in [0.5, 0.6) is 0 Å². The summed E-state index contributed by atoms with van der Waals surface area (Å²) in [5.74, 6) is 0. The van der Waals surface area contributed by atoms with Crippen molar-refractivity contribution in [2.75, 3.05) is 0 Å². The van der Waals surface area contributed by atoms with Gasteiger partial charge >= 0.3 is 5.69 Å². The molecule has 6 nitrogen and oxygen atoms in total. The second-order valence-electron chi connectivity index (χ2n) is 6.22. The molecule has 3 aromatic heterocycles. The highest BCUT2D eigenvalue weighted by Crippen LogP contribution is 2.23. The summed E-state index contributed by atoms with van der Waals surface area (Å²) in [6.45, 7) is 2.80. The maximum absolute atomic E-state index is 14.0. The molecular weight excluding hydrogens is 309 g/mol. The van der Waals surface area contributed by atoms with E-state index in [0.29, 0.717) is 28.0 Å². The normalized spacial score (nSPS) is 11.6. The van der Waals surface area contributed by atoms with Crippen LogP contribution in [0.15, 0.2) is 35.4 Å². The number of pyridine rings is 2. The molecule has 0 saturated heterocycles. The van der Waals surface area contributed by atoms with Crippen LogP contribution in [0.1, 0.15) is 19.4 Å². The number of halogens is 1. The number of aryl methyl sites for hydroxylation is 1. The zero-order valence-electron chi connectivity index (χ0n) is 13.6. The maximum atomic E-state index is 14.0. The Kier molecular flexibility index (Phi) is 3.68. The van der Waals surface area contributed by atoms with Crippen molar-refractivity contribution in [1.29, 1.82) is 5.26 Å². The van der Waals surface area contributed by atoms with Crippen LogP contribution in [0, 0.1) is 11.3 Å². The Labute approximate surface area is 137 Å². The fourth-order valence-corrected chi connectivity index (χ4v) is 2.65. The highest BCUT2D eigenvalue weighted by molar-refractivity contribution is 5.77. The molecule has 0 aliphatic heterocycles. The van der Waals surface area contributed by atoms with E-state index in [1.165, 1.54) is 29.2 Å². The fraction of sp³-hybridized carbons (Fsp3) is 0.294. The van der Waals surface area contributed by atoms with Crippen molar-refractivity contribution < 1.29 is 4.39 Å². The monoisotopic (exact) mass is 325 g/mol. The smallest absolute Gasteiger partial charge is 0.287 e. The number of imidazole rings is 1. The highest BCUT2D eigenvalue weighted by Gasteiger charge is 2.22. The first-order valence-corrected chi connectivity index (χ1v) is 7.41. The lowest BCUT2D eigenvalue weighted by Crippen LogP contribution is -2.30. The van der Waals surface area contributed by atoms with Crippen LogP contribution in [0.25, 0.3) is 22.4 Å². The predicted molar refractivity (Wildman–Crippen MR) is 88.1 cm³/mol. The van der Waals surface area contributed by atoms with Gasteiger partial charge in [-0.1, -0.05) is 0 Å². The molecule has 0 N–H and O–H groups in total. The summed E-state index contributed by atoms with van der Waals surface area (Å²) in [6, 6.07) is 7.14. The Balaban J connectivity index is 2.22. The first-order chi connectivity index (χ1) is 11.3.